The van der Waals surface area contributed by atoms with E-state index in [-0.39, 0.29) is 5.91 Å². The van der Waals surface area contributed by atoms with Crippen molar-refractivity contribution in [2.45, 2.75) is 0 Å². The van der Waals surface area contributed by atoms with Crippen LogP contribution in [0.25, 0.3) is 11.4 Å². The molecule has 0 radical (unpaired) electrons. The summed E-state index contributed by atoms with van der Waals surface area (Å²) in [5.41, 5.74) is 2.28. The maximum Gasteiger partial charge on any atom is 0.255 e. The third-order valence-electron chi connectivity index (χ3n) is 3.29. The molecule has 0 aliphatic rings. The number of nitrogens with one attached hydrogen (secondary N) is 1. The fraction of sp³-hybridized carbons (Fsp3) is 0. The molecule has 0 aliphatic carbocycles. The maximum atomic E-state index is 12.1. The predicted molar refractivity (Wildman–Crippen MR) is 91.6 cm³/mol. The molecule has 5 nitrogen and oxygen atoms in total. The Hall–Kier alpha value is -3.23. The van der Waals surface area contributed by atoms with Crippen LogP contribution < -0.4 is 5.32 Å². The van der Waals surface area contributed by atoms with E-state index in [1.165, 1.54) is 0 Å². The molecule has 1 amide bonds. The molecule has 3 aromatic rings. The zero-order chi connectivity index (χ0) is 16.9. The summed E-state index contributed by atoms with van der Waals surface area (Å²) in [6, 6.07) is 15.6. The highest BCUT2D eigenvalue weighted by Crippen LogP contribution is 2.18. The Morgan fingerprint density at radius 1 is 1.00 bits per heavy atom. The molecule has 1 aromatic heterocycles. The molecule has 0 fully saturated rings. The monoisotopic (exact) mass is 334 g/mol. The van der Waals surface area contributed by atoms with E-state index in [0.29, 0.717) is 27.7 Å². The van der Waals surface area contributed by atoms with Gasteiger partial charge in [0.05, 0.1) is 29.7 Å². The van der Waals surface area contributed by atoms with Crippen molar-refractivity contribution in [1.29, 1.82) is 5.26 Å². The van der Waals surface area contributed by atoms with Crippen LogP contribution in [0.15, 0.2) is 60.9 Å². The second kappa shape index (κ2) is 6.90. The number of amides is 1. The Morgan fingerprint density at radius 2 is 1.62 bits per heavy atom. The number of anilines is 1. The summed E-state index contributed by atoms with van der Waals surface area (Å²) in [4.78, 5) is 20.6. The highest BCUT2D eigenvalue weighted by atomic mass is 35.5. The SMILES string of the molecule is N#Cc1ccc(C(=O)Nc2cnc(-c3ccc(Cl)cc3)nc2)cc1. The van der Waals surface area contributed by atoms with Crippen LogP contribution in [0.1, 0.15) is 15.9 Å². The van der Waals surface area contributed by atoms with Gasteiger partial charge in [0.1, 0.15) is 0 Å². The van der Waals surface area contributed by atoms with E-state index in [1.54, 1.807) is 48.8 Å². The number of nitrogens with zero attached hydrogens (tertiary/aromatic N) is 3. The van der Waals surface area contributed by atoms with Crippen molar-refractivity contribution < 1.29 is 4.79 Å². The van der Waals surface area contributed by atoms with E-state index < -0.39 is 0 Å². The molecule has 1 heterocycles. The maximum absolute atomic E-state index is 12.1. The average Bonchev–Trinajstić information content (AvgIpc) is 2.63. The minimum Gasteiger partial charge on any atom is -0.319 e. The van der Waals surface area contributed by atoms with Crippen molar-refractivity contribution in [2.75, 3.05) is 5.32 Å². The Labute approximate surface area is 143 Å². The normalized spacial score (nSPS) is 10.0. The Morgan fingerprint density at radius 3 is 2.21 bits per heavy atom. The fourth-order valence-corrected chi connectivity index (χ4v) is 2.17. The number of nitriles is 1. The summed E-state index contributed by atoms with van der Waals surface area (Å²) in [6.45, 7) is 0. The summed E-state index contributed by atoms with van der Waals surface area (Å²) in [5, 5.41) is 12.1. The summed E-state index contributed by atoms with van der Waals surface area (Å²) < 4.78 is 0. The number of carbonyl (C=O) groups excluding carboxylic acids is 1. The van der Waals surface area contributed by atoms with E-state index in [9.17, 15) is 4.79 Å². The number of rotatable bonds is 3. The standard InChI is InChI=1S/C18H11ClN4O/c19-15-7-5-13(6-8-15)17-21-10-16(11-22-17)23-18(24)14-3-1-12(9-20)2-4-14/h1-8,10-11H,(H,23,24). The first-order chi connectivity index (χ1) is 11.7. The third-order valence-corrected chi connectivity index (χ3v) is 3.54. The van der Waals surface area contributed by atoms with Crippen molar-refractivity contribution in [2.24, 2.45) is 0 Å². The fourth-order valence-electron chi connectivity index (χ4n) is 2.04. The number of benzene rings is 2. The van der Waals surface area contributed by atoms with Gasteiger partial charge in [0, 0.05) is 16.1 Å². The number of hydrogen-bond acceptors (Lipinski definition) is 4. The second-order valence-electron chi connectivity index (χ2n) is 4.95. The molecule has 0 unspecified atom stereocenters. The van der Waals surface area contributed by atoms with E-state index in [4.69, 9.17) is 16.9 Å². The third kappa shape index (κ3) is 3.57. The summed E-state index contributed by atoms with van der Waals surface area (Å²) in [7, 11) is 0. The topological polar surface area (TPSA) is 78.7 Å². The van der Waals surface area contributed by atoms with Crippen molar-refractivity contribution in [3.05, 3.63) is 77.1 Å². The second-order valence-corrected chi connectivity index (χ2v) is 5.38. The van der Waals surface area contributed by atoms with Gasteiger partial charge in [0.15, 0.2) is 5.82 Å². The number of carbonyl (C=O) groups is 1. The highest BCUT2D eigenvalue weighted by molar-refractivity contribution is 6.30. The lowest BCUT2D eigenvalue weighted by Crippen LogP contribution is -2.12. The van der Waals surface area contributed by atoms with E-state index in [0.717, 1.165) is 5.56 Å². The minimum atomic E-state index is -0.290. The lowest BCUT2D eigenvalue weighted by Gasteiger charge is -2.06. The quantitative estimate of drug-likeness (QED) is 0.787. The number of hydrogen-bond donors (Lipinski definition) is 1. The zero-order valence-electron chi connectivity index (χ0n) is 12.4. The van der Waals surface area contributed by atoms with Crippen LogP contribution in [0.4, 0.5) is 5.69 Å². The average molecular weight is 335 g/mol. The largest absolute Gasteiger partial charge is 0.319 e. The lowest BCUT2D eigenvalue weighted by atomic mass is 10.1. The molecule has 0 spiro atoms. The Kier molecular flexibility index (Phi) is 4.50. The first-order valence-corrected chi connectivity index (χ1v) is 7.43. The van der Waals surface area contributed by atoms with Crippen LogP contribution >= 0.6 is 11.6 Å². The molecular formula is C18H11ClN4O. The predicted octanol–water partition coefficient (Wildman–Crippen LogP) is 3.92. The van der Waals surface area contributed by atoms with E-state index in [2.05, 4.69) is 15.3 Å². The Balaban J connectivity index is 1.72. The molecule has 0 bridgehead atoms. The number of aromatic nitrogens is 2. The molecule has 0 saturated carbocycles. The zero-order valence-corrected chi connectivity index (χ0v) is 13.2. The van der Waals surface area contributed by atoms with Crippen LogP contribution in [0, 0.1) is 11.3 Å². The molecular weight excluding hydrogens is 324 g/mol. The molecule has 116 valence electrons. The van der Waals surface area contributed by atoms with Crippen molar-refractivity contribution in [3.8, 4) is 17.5 Å². The van der Waals surface area contributed by atoms with Crippen LogP contribution in [0.5, 0.6) is 0 Å². The first-order valence-electron chi connectivity index (χ1n) is 7.05. The van der Waals surface area contributed by atoms with Crippen molar-refractivity contribution in [3.63, 3.8) is 0 Å². The first kappa shape index (κ1) is 15.7. The van der Waals surface area contributed by atoms with Gasteiger partial charge in [-0.25, -0.2) is 9.97 Å². The highest BCUT2D eigenvalue weighted by Gasteiger charge is 2.07. The summed E-state index contributed by atoms with van der Waals surface area (Å²) in [6.07, 6.45) is 3.08. The molecule has 0 atom stereocenters. The van der Waals surface area contributed by atoms with Crippen LogP contribution in [-0.2, 0) is 0 Å². The van der Waals surface area contributed by atoms with Gasteiger partial charge in [-0.2, -0.15) is 5.26 Å². The van der Waals surface area contributed by atoms with Gasteiger partial charge in [0.2, 0.25) is 0 Å². The molecule has 0 saturated heterocycles. The smallest absolute Gasteiger partial charge is 0.255 e. The van der Waals surface area contributed by atoms with Gasteiger partial charge in [-0.05, 0) is 48.5 Å². The summed E-state index contributed by atoms with van der Waals surface area (Å²) in [5.74, 6) is 0.255. The lowest BCUT2D eigenvalue weighted by molar-refractivity contribution is 0.102. The van der Waals surface area contributed by atoms with Crippen molar-refractivity contribution >= 4 is 23.2 Å². The number of halogens is 1. The van der Waals surface area contributed by atoms with Gasteiger partial charge in [0.25, 0.3) is 5.91 Å². The molecule has 0 aliphatic heterocycles. The van der Waals surface area contributed by atoms with E-state index in [1.807, 2.05) is 18.2 Å². The van der Waals surface area contributed by atoms with Crippen LogP contribution in [-0.4, -0.2) is 15.9 Å². The molecule has 3 rings (SSSR count). The van der Waals surface area contributed by atoms with E-state index >= 15 is 0 Å². The van der Waals surface area contributed by atoms with Crippen LogP contribution in [0.2, 0.25) is 5.02 Å². The molecule has 2 aromatic carbocycles. The molecule has 1 N–H and O–H groups in total. The van der Waals surface area contributed by atoms with Gasteiger partial charge >= 0.3 is 0 Å². The summed E-state index contributed by atoms with van der Waals surface area (Å²) >= 11 is 5.85. The Bertz CT molecular complexity index is 898. The molecule has 24 heavy (non-hydrogen) atoms. The van der Waals surface area contributed by atoms with Crippen LogP contribution in [0.3, 0.4) is 0 Å². The van der Waals surface area contributed by atoms with Gasteiger partial charge in [-0.15, -0.1) is 0 Å². The molecule has 6 heteroatoms. The van der Waals surface area contributed by atoms with Crippen molar-refractivity contribution in [1.82, 2.24) is 9.97 Å². The minimum absolute atomic E-state index is 0.290. The van der Waals surface area contributed by atoms with Gasteiger partial charge < -0.3 is 5.32 Å². The van der Waals surface area contributed by atoms with Gasteiger partial charge in [-0.3, -0.25) is 4.79 Å². The van der Waals surface area contributed by atoms with Gasteiger partial charge in [-0.1, -0.05) is 11.6 Å².